The first-order chi connectivity index (χ1) is 19.3. The quantitative estimate of drug-likeness (QED) is 0.213. The van der Waals surface area contributed by atoms with Crippen molar-refractivity contribution in [1.82, 2.24) is 25.2 Å². The highest BCUT2D eigenvalue weighted by atomic mass is 32.2. The van der Waals surface area contributed by atoms with Gasteiger partial charge in [0.15, 0.2) is 0 Å². The minimum absolute atomic E-state index is 0.234. The number of nitrogens with zero attached hydrogens (tertiary/aromatic N) is 4. The number of aromatic nitrogens is 3. The predicted molar refractivity (Wildman–Crippen MR) is 157 cm³/mol. The van der Waals surface area contributed by atoms with Crippen molar-refractivity contribution in [2.45, 2.75) is 58.1 Å². The minimum Gasteiger partial charge on any atom is -0.406 e. The van der Waals surface area contributed by atoms with Gasteiger partial charge in [0.2, 0.25) is 5.95 Å². The van der Waals surface area contributed by atoms with E-state index >= 15 is 0 Å². The van der Waals surface area contributed by atoms with E-state index in [1.807, 2.05) is 19.1 Å². The number of halogens is 3. The van der Waals surface area contributed by atoms with Gasteiger partial charge in [0, 0.05) is 60.8 Å². The van der Waals surface area contributed by atoms with Gasteiger partial charge in [-0.25, -0.2) is 19.2 Å². The lowest BCUT2D eigenvalue weighted by Gasteiger charge is -2.40. The number of allylic oxidation sites excluding steroid dienone is 2. The molecule has 0 saturated carbocycles. The molecule has 2 aromatic rings. The molecule has 1 fully saturated rings. The van der Waals surface area contributed by atoms with E-state index in [4.69, 9.17) is 0 Å². The Balaban J connectivity index is 1.57. The van der Waals surface area contributed by atoms with E-state index < -0.39 is 23.1 Å². The van der Waals surface area contributed by atoms with E-state index in [0.717, 1.165) is 54.4 Å². The number of piperidine rings is 1. The van der Waals surface area contributed by atoms with Gasteiger partial charge in [-0.15, -0.1) is 13.2 Å². The predicted octanol–water partition coefficient (Wildman–Crippen LogP) is 5.28. The number of anilines is 2. The molecule has 0 spiro atoms. The van der Waals surface area contributed by atoms with Crippen LogP contribution in [0.1, 0.15) is 43.5 Å². The van der Waals surface area contributed by atoms with Gasteiger partial charge < -0.3 is 20.3 Å². The Kier molecular flexibility index (Phi) is 11.1. The highest BCUT2D eigenvalue weighted by Gasteiger charge is 2.31. The van der Waals surface area contributed by atoms with Gasteiger partial charge in [-0.1, -0.05) is 26.7 Å². The number of ether oxygens (including phenoxy) is 1. The summed E-state index contributed by atoms with van der Waals surface area (Å²) in [4.78, 5) is 15.4. The van der Waals surface area contributed by atoms with Crippen LogP contribution < -0.4 is 15.4 Å². The highest BCUT2D eigenvalue weighted by Crippen LogP contribution is 2.28. The molecule has 0 bridgehead atoms. The second-order valence-corrected chi connectivity index (χ2v) is 10.7. The van der Waals surface area contributed by atoms with Crippen molar-refractivity contribution in [3.05, 3.63) is 84.7 Å². The van der Waals surface area contributed by atoms with Crippen molar-refractivity contribution < 1.29 is 22.1 Å². The molecule has 3 atom stereocenters. The van der Waals surface area contributed by atoms with E-state index in [1.54, 1.807) is 18.6 Å². The number of nitrogens with one attached hydrogen (secondary N) is 3. The number of aryl methyl sites for hydroxylation is 1. The largest absolute Gasteiger partial charge is 0.573 e. The van der Waals surface area contributed by atoms with Gasteiger partial charge >= 0.3 is 6.36 Å². The molecule has 0 aliphatic carbocycles. The maximum absolute atomic E-state index is 12.3. The standard InChI is InChI=1S/C28H36F3N7O2S/c1-7-22-16-34-27(35-18(2)8-9-20(4)40-28(29,30)31)36-25(22)17-33-24-11-13-38(19(3)14-24)21(5)23-10-12-32-26(15-23)37-41(6)39/h8-10,12,15-16,19,24,33H,2,4-5,7,11,13-14,17H2,1,3,6H3,(H,32,37)(H,34,35,36)/b9-8-/t19-,24-,41?/m1/s1. The molecule has 9 nitrogen and oxygen atoms in total. The lowest BCUT2D eigenvalue weighted by atomic mass is 9.96. The van der Waals surface area contributed by atoms with Crippen molar-refractivity contribution >= 4 is 28.4 Å². The molecule has 41 heavy (non-hydrogen) atoms. The summed E-state index contributed by atoms with van der Waals surface area (Å²) in [6.45, 7) is 16.8. The molecule has 1 saturated heterocycles. The average molecular weight is 592 g/mol. The maximum Gasteiger partial charge on any atom is 0.573 e. The van der Waals surface area contributed by atoms with Gasteiger partial charge in [0.25, 0.3) is 0 Å². The maximum atomic E-state index is 12.3. The van der Waals surface area contributed by atoms with E-state index in [2.05, 4.69) is 66.6 Å². The molecule has 1 aliphatic rings. The first kappa shape index (κ1) is 31.8. The molecule has 1 unspecified atom stereocenters. The zero-order chi connectivity index (χ0) is 30.2. The van der Waals surface area contributed by atoms with Crippen LogP contribution >= 0.6 is 0 Å². The van der Waals surface area contributed by atoms with Crippen LogP contribution in [0, 0.1) is 0 Å². The first-order valence-electron chi connectivity index (χ1n) is 13.0. The topological polar surface area (TPSA) is 104 Å². The summed E-state index contributed by atoms with van der Waals surface area (Å²) in [6.07, 6.45) is 5.07. The molecule has 13 heteroatoms. The normalized spacial score (nSPS) is 18.1. The lowest BCUT2D eigenvalue weighted by Crippen LogP contribution is -2.46. The van der Waals surface area contributed by atoms with Crippen LogP contribution in [0.3, 0.4) is 0 Å². The summed E-state index contributed by atoms with van der Waals surface area (Å²) >= 11 is 0. The Morgan fingerprint density at radius 2 is 2.02 bits per heavy atom. The highest BCUT2D eigenvalue weighted by molar-refractivity contribution is 7.85. The molecule has 2 aromatic heterocycles. The lowest BCUT2D eigenvalue weighted by molar-refractivity contribution is -0.303. The zero-order valence-electron chi connectivity index (χ0n) is 23.4. The SMILES string of the molecule is C=C(/C=C\C(=C)OC(F)(F)F)Nc1ncc(CC)c(CN[C@@H]2CCN(C(=C)c3ccnc(NS(C)=O)c3)[C@H](C)C2)n1. The third-order valence-corrected chi connectivity index (χ3v) is 6.94. The van der Waals surface area contributed by atoms with Crippen LogP contribution in [0.2, 0.25) is 0 Å². The number of hydrogen-bond donors (Lipinski definition) is 3. The fraction of sp³-hybridized carbons (Fsp3) is 0.393. The van der Waals surface area contributed by atoms with E-state index in [-0.39, 0.29) is 23.7 Å². The van der Waals surface area contributed by atoms with Gasteiger partial charge in [-0.3, -0.25) is 4.72 Å². The van der Waals surface area contributed by atoms with Crippen LogP contribution in [-0.4, -0.2) is 55.3 Å². The van der Waals surface area contributed by atoms with Crippen LogP contribution in [0.4, 0.5) is 24.9 Å². The summed E-state index contributed by atoms with van der Waals surface area (Å²) in [7, 11) is -1.21. The Morgan fingerprint density at radius 3 is 2.68 bits per heavy atom. The summed E-state index contributed by atoms with van der Waals surface area (Å²) in [6, 6.07) is 4.25. The molecular weight excluding hydrogens is 555 g/mol. The molecule has 3 rings (SSSR count). The molecular formula is C28H36F3N7O2S. The Hall–Kier alpha value is -3.71. The molecule has 0 amide bonds. The van der Waals surface area contributed by atoms with Crippen molar-refractivity contribution in [3.63, 3.8) is 0 Å². The molecule has 1 aliphatic heterocycles. The van der Waals surface area contributed by atoms with E-state index in [9.17, 15) is 17.4 Å². The second kappa shape index (κ2) is 14.3. The van der Waals surface area contributed by atoms with Crippen molar-refractivity contribution in [3.8, 4) is 0 Å². The Labute approximate surface area is 241 Å². The number of pyridine rings is 1. The smallest absolute Gasteiger partial charge is 0.406 e. The Morgan fingerprint density at radius 1 is 1.27 bits per heavy atom. The number of rotatable bonds is 13. The number of hydrogen-bond acceptors (Lipinski definition) is 8. The van der Waals surface area contributed by atoms with Crippen molar-refractivity contribution in [2.24, 2.45) is 0 Å². The van der Waals surface area contributed by atoms with Crippen LogP contribution in [0.15, 0.2) is 67.9 Å². The summed E-state index contributed by atoms with van der Waals surface area (Å²) < 4.78 is 54.9. The molecule has 3 heterocycles. The number of likely N-dealkylation sites (tertiary alicyclic amines) is 1. The Bertz CT molecular complexity index is 1320. The summed E-state index contributed by atoms with van der Waals surface area (Å²) in [5, 5.41) is 6.51. The molecule has 3 N–H and O–H groups in total. The third-order valence-electron chi connectivity index (χ3n) is 6.45. The third kappa shape index (κ3) is 10.0. The van der Waals surface area contributed by atoms with Crippen molar-refractivity contribution in [2.75, 3.05) is 22.8 Å². The summed E-state index contributed by atoms with van der Waals surface area (Å²) in [5.74, 6) is 0.265. The average Bonchev–Trinajstić information content (AvgIpc) is 2.89. The van der Waals surface area contributed by atoms with Gasteiger partial charge in [0.05, 0.1) is 5.69 Å². The van der Waals surface area contributed by atoms with Crippen LogP contribution in [-0.2, 0) is 28.7 Å². The van der Waals surface area contributed by atoms with Gasteiger partial charge in [-0.05, 0) is 56.0 Å². The zero-order valence-corrected chi connectivity index (χ0v) is 24.2. The van der Waals surface area contributed by atoms with Gasteiger partial charge in [0.1, 0.15) is 22.6 Å². The fourth-order valence-corrected chi connectivity index (χ4v) is 4.90. The summed E-state index contributed by atoms with van der Waals surface area (Å²) in [5.41, 5.74) is 3.92. The van der Waals surface area contributed by atoms with Crippen molar-refractivity contribution in [1.29, 1.82) is 0 Å². The molecule has 222 valence electrons. The van der Waals surface area contributed by atoms with E-state index in [1.165, 1.54) is 6.08 Å². The molecule has 0 radical (unpaired) electrons. The number of alkyl halides is 3. The first-order valence-corrected chi connectivity index (χ1v) is 14.6. The minimum atomic E-state index is -4.81. The fourth-order valence-electron chi connectivity index (χ4n) is 4.49. The van der Waals surface area contributed by atoms with Gasteiger partial charge in [-0.2, -0.15) is 0 Å². The van der Waals surface area contributed by atoms with Crippen LogP contribution in [0.25, 0.3) is 5.70 Å². The monoisotopic (exact) mass is 591 g/mol. The second-order valence-electron chi connectivity index (χ2n) is 9.59. The molecule has 0 aromatic carbocycles. The van der Waals surface area contributed by atoms with E-state index in [0.29, 0.717) is 12.4 Å². The van der Waals surface area contributed by atoms with Crippen LogP contribution in [0.5, 0.6) is 0 Å².